The maximum atomic E-state index is 11.1. The largest absolute Gasteiger partial charge is 0.417 e. The van der Waals surface area contributed by atoms with Crippen molar-refractivity contribution in [2.45, 2.75) is 18.9 Å². The number of H-pyrrole nitrogens is 1. The molecule has 96 valence electrons. The van der Waals surface area contributed by atoms with E-state index in [1.807, 2.05) is 6.07 Å². The first kappa shape index (κ1) is 11.2. The minimum absolute atomic E-state index is 0.100. The molecular weight excluding hydrogens is 234 g/mol. The number of nitrogens with one attached hydrogen (secondary N) is 1. The fourth-order valence-electron chi connectivity index (χ4n) is 2.59. The van der Waals surface area contributed by atoms with Gasteiger partial charge < -0.3 is 20.2 Å². The number of benzene rings is 1. The van der Waals surface area contributed by atoms with E-state index in [-0.39, 0.29) is 12.6 Å². The maximum absolute atomic E-state index is 11.1. The number of aliphatic hydroxyl groups excluding tert-OH is 1. The highest BCUT2D eigenvalue weighted by molar-refractivity contribution is 5.85. The van der Waals surface area contributed by atoms with E-state index in [9.17, 15) is 9.90 Å². The summed E-state index contributed by atoms with van der Waals surface area (Å²) in [5, 5.41) is 9.35. The van der Waals surface area contributed by atoms with Gasteiger partial charge in [0, 0.05) is 12.6 Å². The zero-order chi connectivity index (χ0) is 12.7. The van der Waals surface area contributed by atoms with Gasteiger partial charge in [-0.05, 0) is 18.9 Å². The molecule has 0 radical (unpaired) electrons. The summed E-state index contributed by atoms with van der Waals surface area (Å²) in [6, 6.07) is 3.56. The molecule has 0 bridgehead atoms. The number of aliphatic hydroxyl groups is 1. The first-order valence-corrected chi connectivity index (χ1v) is 5.99. The summed E-state index contributed by atoms with van der Waals surface area (Å²) in [5.41, 5.74) is 8.49. The quantitative estimate of drug-likeness (QED) is 0.680. The van der Waals surface area contributed by atoms with E-state index < -0.39 is 5.76 Å². The molecule has 3 rings (SSSR count). The monoisotopic (exact) mass is 249 g/mol. The standard InChI is InChI=1S/C12H15N3O3/c13-8-4-11-9(14-12(17)18-11)5-10(8)15-3-1-2-7(15)6-16/h4-5,7,16H,1-3,6,13H2,(H,14,17). The smallest absolute Gasteiger partial charge is 0.408 e. The lowest BCUT2D eigenvalue weighted by atomic mass is 10.2. The van der Waals surface area contributed by atoms with Crippen LogP contribution in [0.4, 0.5) is 11.4 Å². The molecule has 1 saturated heterocycles. The van der Waals surface area contributed by atoms with E-state index in [1.54, 1.807) is 6.07 Å². The number of rotatable bonds is 2. The normalized spacial score (nSPS) is 19.8. The average Bonchev–Trinajstić information content (AvgIpc) is 2.92. The predicted octanol–water partition coefficient (Wildman–Crippen LogP) is 0.664. The molecule has 2 heterocycles. The van der Waals surface area contributed by atoms with Gasteiger partial charge in [0.1, 0.15) is 0 Å². The lowest BCUT2D eigenvalue weighted by Gasteiger charge is -2.26. The first-order valence-electron chi connectivity index (χ1n) is 5.99. The first-order chi connectivity index (χ1) is 8.69. The number of oxazole rings is 1. The Kier molecular flexibility index (Phi) is 2.52. The fraction of sp³-hybridized carbons (Fsp3) is 0.417. The van der Waals surface area contributed by atoms with Crippen LogP contribution in [-0.2, 0) is 0 Å². The van der Waals surface area contributed by atoms with Gasteiger partial charge >= 0.3 is 5.76 Å². The Balaban J connectivity index is 2.10. The van der Waals surface area contributed by atoms with Gasteiger partial charge in [-0.1, -0.05) is 0 Å². The van der Waals surface area contributed by atoms with Gasteiger partial charge in [-0.15, -0.1) is 0 Å². The Morgan fingerprint density at radius 3 is 3.17 bits per heavy atom. The topological polar surface area (TPSA) is 95.5 Å². The minimum atomic E-state index is -0.485. The molecule has 0 saturated carbocycles. The third-order valence-corrected chi connectivity index (χ3v) is 3.47. The van der Waals surface area contributed by atoms with Crippen molar-refractivity contribution >= 4 is 22.5 Å². The Bertz CT molecular complexity index is 631. The molecule has 6 nitrogen and oxygen atoms in total. The molecule has 1 unspecified atom stereocenters. The summed E-state index contributed by atoms with van der Waals surface area (Å²) >= 11 is 0. The van der Waals surface area contributed by atoms with Crippen LogP contribution in [0.3, 0.4) is 0 Å². The third kappa shape index (κ3) is 1.65. The number of aromatic amines is 1. The van der Waals surface area contributed by atoms with Crippen LogP contribution >= 0.6 is 0 Å². The van der Waals surface area contributed by atoms with Crippen LogP contribution in [0, 0.1) is 0 Å². The highest BCUT2D eigenvalue weighted by atomic mass is 16.4. The lowest BCUT2D eigenvalue weighted by Crippen LogP contribution is -2.32. The van der Waals surface area contributed by atoms with E-state index in [0.717, 1.165) is 25.1 Å². The van der Waals surface area contributed by atoms with Crippen LogP contribution in [0.1, 0.15) is 12.8 Å². The Morgan fingerprint density at radius 1 is 1.56 bits per heavy atom. The maximum Gasteiger partial charge on any atom is 0.417 e. The lowest BCUT2D eigenvalue weighted by molar-refractivity contribution is 0.266. The summed E-state index contributed by atoms with van der Waals surface area (Å²) in [6.45, 7) is 0.975. The highest BCUT2D eigenvalue weighted by Gasteiger charge is 2.25. The van der Waals surface area contributed by atoms with Crippen LogP contribution in [0.5, 0.6) is 0 Å². The second-order valence-electron chi connectivity index (χ2n) is 4.59. The Labute approximate surface area is 103 Å². The molecule has 1 aliphatic heterocycles. The van der Waals surface area contributed by atoms with E-state index >= 15 is 0 Å². The number of fused-ring (bicyclic) bond motifs is 1. The second-order valence-corrected chi connectivity index (χ2v) is 4.59. The van der Waals surface area contributed by atoms with Gasteiger partial charge in [-0.3, -0.25) is 4.98 Å². The van der Waals surface area contributed by atoms with Crippen molar-refractivity contribution in [3.8, 4) is 0 Å². The average molecular weight is 249 g/mol. The van der Waals surface area contributed by atoms with Crippen molar-refractivity contribution in [3.05, 3.63) is 22.7 Å². The van der Waals surface area contributed by atoms with Crippen LogP contribution < -0.4 is 16.4 Å². The molecule has 1 aliphatic rings. The zero-order valence-corrected chi connectivity index (χ0v) is 9.85. The van der Waals surface area contributed by atoms with Crippen LogP contribution in [0.25, 0.3) is 11.1 Å². The van der Waals surface area contributed by atoms with Gasteiger partial charge in [0.05, 0.1) is 29.5 Å². The molecule has 1 fully saturated rings. The van der Waals surface area contributed by atoms with E-state index in [4.69, 9.17) is 10.2 Å². The van der Waals surface area contributed by atoms with Crippen LogP contribution in [0.15, 0.2) is 21.3 Å². The molecule has 0 aliphatic carbocycles. The third-order valence-electron chi connectivity index (χ3n) is 3.47. The number of aromatic nitrogens is 1. The molecule has 1 aromatic carbocycles. The van der Waals surface area contributed by atoms with Crippen LogP contribution in [-0.4, -0.2) is 29.3 Å². The van der Waals surface area contributed by atoms with Gasteiger partial charge in [-0.2, -0.15) is 0 Å². The summed E-state index contributed by atoms with van der Waals surface area (Å²) in [4.78, 5) is 15.8. The van der Waals surface area contributed by atoms with Gasteiger partial charge in [0.25, 0.3) is 0 Å². The number of anilines is 2. The van der Waals surface area contributed by atoms with Gasteiger partial charge in [0.15, 0.2) is 5.58 Å². The van der Waals surface area contributed by atoms with E-state index in [0.29, 0.717) is 16.8 Å². The van der Waals surface area contributed by atoms with Crippen molar-refractivity contribution in [2.24, 2.45) is 0 Å². The molecule has 1 aromatic heterocycles. The van der Waals surface area contributed by atoms with Crippen molar-refractivity contribution in [3.63, 3.8) is 0 Å². The SMILES string of the molecule is Nc1cc2oc(=O)[nH]c2cc1N1CCCC1CO. The van der Waals surface area contributed by atoms with E-state index in [2.05, 4.69) is 9.88 Å². The number of hydrogen-bond donors (Lipinski definition) is 3. The van der Waals surface area contributed by atoms with Crippen molar-refractivity contribution in [1.82, 2.24) is 4.98 Å². The summed E-state index contributed by atoms with van der Waals surface area (Å²) in [6.07, 6.45) is 1.99. The summed E-state index contributed by atoms with van der Waals surface area (Å²) in [5.74, 6) is -0.485. The number of nitrogen functional groups attached to an aromatic ring is 1. The summed E-state index contributed by atoms with van der Waals surface area (Å²) in [7, 11) is 0. The molecule has 18 heavy (non-hydrogen) atoms. The number of nitrogens with two attached hydrogens (primary N) is 1. The van der Waals surface area contributed by atoms with Gasteiger partial charge in [-0.25, -0.2) is 4.79 Å². The van der Waals surface area contributed by atoms with E-state index in [1.165, 1.54) is 0 Å². The molecule has 1 atom stereocenters. The molecule has 4 N–H and O–H groups in total. The molecule has 6 heteroatoms. The molecule has 0 amide bonds. The predicted molar refractivity (Wildman–Crippen MR) is 68.7 cm³/mol. The number of nitrogens with zero attached hydrogens (tertiary/aromatic N) is 1. The molecular formula is C12H15N3O3. The van der Waals surface area contributed by atoms with Crippen LogP contribution in [0.2, 0.25) is 0 Å². The fourth-order valence-corrected chi connectivity index (χ4v) is 2.59. The number of hydrogen-bond acceptors (Lipinski definition) is 5. The van der Waals surface area contributed by atoms with Crippen molar-refractivity contribution in [2.75, 3.05) is 23.8 Å². The Hall–Kier alpha value is -1.95. The van der Waals surface area contributed by atoms with Crippen molar-refractivity contribution < 1.29 is 9.52 Å². The Morgan fingerprint density at radius 2 is 2.39 bits per heavy atom. The summed E-state index contributed by atoms with van der Waals surface area (Å²) < 4.78 is 4.96. The van der Waals surface area contributed by atoms with Crippen molar-refractivity contribution in [1.29, 1.82) is 0 Å². The zero-order valence-electron chi connectivity index (χ0n) is 9.85. The highest BCUT2D eigenvalue weighted by Crippen LogP contribution is 2.32. The van der Waals surface area contributed by atoms with Gasteiger partial charge in [0.2, 0.25) is 0 Å². The molecule has 0 spiro atoms. The minimum Gasteiger partial charge on any atom is -0.408 e. The second kappa shape index (κ2) is 4.06. The molecule has 2 aromatic rings.